The van der Waals surface area contributed by atoms with Gasteiger partial charge in [-0.05, 0) is 12.5 Å². The highest BCUT2D eigenvalue weighted by Crippen LogP contribution is 2.17. The fourth-order valence-electron chi connectivity index (χ4n) is 1.22. The van der Waals surface area contributed by atoms with Gasteiger partial charge in [-0.1, -0.05) is 29.8 Å². The number of benzene rings is 1. The van der Waals surface area contributed by atoms with Crippen LogP contribution in [0.1, 0.15) is 17.2 Å². The number of carboxylic acid groups (broad SMARTS) is 1. The minimum absolute atomic E-state index is 0.0187. The number of aliphatic hydroxyl groups is 1. The number of carboxylic acids is 1. The summed E-state index contributed by atoms with van der Waals surface area (Å²) in [5.41, 5.74) is 1.64. The summed E-state index contributed by atoms with van der Waals surface area (Å²) in [6.45, 7) is 1.76. The van der Waals surface area contributed by atoms with Gasteiger partial charge >= 0.3 is 5.97 Å². The SMILES string of the molecule is Cc1ccc(C(OCCO)C(=O)O)cc1. The maximum absolute atomic E-state index is 10.9. The van der Waals surface area contributed by atoms with Crippen molar-refractivity contribution in [2.75, 3.05) is 13.2 Å². The van der Waals surface area contributed by atoms with Crippen LogP contribution in [0.2, 0.25) is 0 Å². The normalized spacial score (nSPS) is 12.4. The van der Waals surface area contributed by atoms with Crippen molar-refractivity contribution in [2.45, 2.75) is 13.0 Å². The number of ether oxygens (including phenoxy) is 1. The highest BCUT2D eigenvalue weighted by molar-refractivity contribution is 5.74. The molecule has 1 unspecified atom stereocenters. The lowest BCUT2D eigenvalue weighted by Crippen LogP contribution is -2.17. The van der Waals surface area contributed by atoms with Gasteiger partial charge in [0, 0.05) is 0 Å². The summed E-state index contributed by atoms with van der Waals surface area (Å²) in [5.74, 6) is -1.05. The third-order valence-corrected chi connectivity index (χ3v) is 1.98. The van der Waals surface area contributed by atoms with Crippen molar-refractivity contribution in [3.8, 4) is 0 Å². The standard InChI is InChI=1S/C11H14O4/c1-8-2-4-9(5-3-8)10(11(13)14)15-7-6-12/h2-5,10,12H,6-7H2,1H3,(H,13,14). The zero-order valence-electron chi connectivity index (χ0n) is 8.51. The molecule has 4 nitrogen and oxygen atoms in total. The van der Waals surface area contributed by atoms with Crippen LogP contribution in [0.25, 0.3) is 0 Å². The number of rotatable bonds is 5. The second-order valence-electron chi connectivity index (χ2n) is 3.22. The molecule has 0 bridgehead atoms. The molecule has 0 saturated carbocycles. The Labute approximate surface area is 88.1 Å². The highest BCUT2D eigenvalue weighted by atomic mass is 16.5. The first kappa shape index (κ1) is 11.7. The molecule has 1 aromatic carbocycles. The Kier molecular flexibility index (Phi) is 4.27. The molecule has 1 atom stereocenters. The van der Waals surface area contributed by atoms with Gasteiger partial charge in [0.2, 0.25) is 0 Å². The summed E-state index contributed by atoms with van der Waals surface area (Å²) >= 11 is 0. The molecular weight excluding hydrogens is 196 g/mol. The van der Waals surface area contributed by atoms with Crippen molar-refractivity contribution in [1.82, 2.24) is 0 Å². The third kappa shape index (κ3) is 3.34. The molecule has 0 aliphatic carbocycles. The van der Waals surface area contributed by atoms with Gasteiger partial charge in [0.05, 0.1) is 13.2 Å². The zero-order valence-corrected chi connectivity index (χ0v) is 8.51. The molecule has 0 radical (unpaired) electrons. The predicted molar refractivity (Wildman–Crippen MR) is 54.6 cm³/mol. The van der Waals surface area contributed by atoms with Crippen molar-refractivity contribution < 1.29 is 19.7 Å². The molecule has 0 aliphatic heterocycles. The number of aryl methyl sites for hydroxylation is 1. The van der Waals surface area contributed by atoms with Crippen molar-refractivity contribution in [2.24, 2.45) is 0 Å². The van der Waals surface area contributed by atoms with E-state index in [1.165, 1.54) is 0 Å². The lowest BCUT2D eigenvalue weighted by molar-refractivity contribution is -0.151. The van der Waals surface area contributed by atoms with E-state index < -0.39 is 12.1 Å². The first-order valence-electron chi connectivity index (χ1n) is 4.67. The third-order valence-electron chi connectivity index (χ3n) is 1.98. The van der Waals surface area contributed by atoms with Crippen LogP contribution in [0.4, 0.5) is 0 Å². The van der Waals surface area contributed by atoms with Crippen molar-refractivity contribution >= 4 is 5.97 Å². The summed E-state index contributed by atoms with van der Waals surface area (Å²) in [6.07, 6.45) is -1.00. The molecular formula is C11H14O4. The molecule has 1 aromatic rings. The smallest absolute Gasteiger partial charge is 0.337 e. The van der Waals surface area contributed by atoms with E-state index in [9.17, 15) is 4.79 Å². The van der Waals surface area contributed by atoms with Gasteiger partial charge in [0.15, 0.2) is 6.10 Å². The van der Waals surface area contributed by atoms with E-state index >= 15 is 0 Å². The van der Waals surface area contributed by atoms with E-state index in [-0.39, 0.29) is 13.2 Å². The molecule has 0 saturated heterocycles. The molecule has 0 aromatic heterocycles. The first-order chi connectivity index (χ1) is 7.15. The van der Waals surface area contributed by atoms with Crippen LogP contribution in [-0.4, -0.2) is 29.4 Å². The fraction of sp³-hybridized carbons (Fsp3) is 0.364. The van der Waals surface area contributed by atoms with Gasteiger partial charge in [-0.2, -0.15) is 0 Å². The zero-order chi connectivity index (χ0) is 11.3. The minimum atomic E-state index is -1.05. The van der Waals surface area contributed by atoms with E-state index in [0.717, 1.165) is 5.56 Å². The molecule has 82 valence electrons. The monoisotopic (exact) mass is 210 g/mol. The first-order valence-corrected chi connectivity index (χ1v) is 4.67. The molecule has 0 heterocycles. The van der Waals surface area contributed by atoms with Gasteiger partial charge < -0.3 is 14.9 Å². The van der Waals surface area contributed by atoms with Crippen LogP contribution >= 0.6 is 0 Å². The summed E-state index contributed by atoms with van der Waals surface area (Å²) < 4.78 is 5.03. The number of hydrogen-bond donors (Lipinski definition) is 2. The minimum Gasteiger partial charge on any atom is -0.479 e. The summed E-state index contributed by atoms with van der Waals surface area (Å²) in [4.78, 5) is 10.9. The van der Waals surface area contributed by atoms with E-state index in [1.54, 1.807) is 12.1 Å². The Morgan fingerprint density at radius 2 is 2.00 bits per heavy atom. The van der Waals surface area contributed by atoms with Gasteiger partial charge in [-0.25, -0.2) is 4.79 Å². The lowest BCUT2D eigenvalue weighted by Gasteiger charge is -2.13. The van der Waals surface area contributed by atoms with Crippen LogP contribution in [0.15, 0.2) is 24.3 Å². The summed E-state index contributed by atoms with van der Waals surface area (Å²) in [5, 5.41) is 17.5. The summed E-state index contributed by atoms with van der Waals surface area (Å²) in [6, 6.07) is 7.08. The maximum Gasteiger partial charge on any atom is 0.337 e. The molecule has 4 heteroatoms. The van der Waals surface area contributed by atoms with Gasteiger partial charge in [-0.3, -0.25) is 0 Å². The quantitative estimate of drug-likeness (QED) is 0.764. The van der Waals surface area contributed by atoms with Crippen LogP contribution < -0.4 is 0 Å². The predicted octanol–water partition coefficient (Wildman–Crippen LogP) is 1.13. The number of hydrogen-bond acceptors (Lipinski definition) is 3. The molecule has 0 fully saturated rings. The van der Waals surface area contributed by atoms with Gasteiger partial charge in [-0.15, -0.1) is 0 Å². The number of carbonyl (C=O) groups is 1. The Hall–Kier alpha value is -1.39. The van der Waals surface area contributed by atoms with Crippen LogP contribution in [0, 0.1) is 6.92 Å². The average Bonchev–Trinajstić information content (AvgIpc) is 2.21. The van der Waals surface area contributed by atoms with E-state index in [2.05, 4.69) is 0 Å². The molecule has 0 spiro atoms. The number of aliphatic hydroxyl groups excluding tert-OH is 1. The molecule has 0 amide bonds. The van der Waals surface area contributed by atoms with E-state index in [0.29, 0.717) is 5.56 Å². The second kappa shape index (κ2) is 5.48. The molecule has 0 aliphatic rings. The Balaban J connectivity index is 2.79. The molecule has 15 heavy (non-hydrogen) atoms. The molecule has 2 N–H and O–H groups in total. The van der Waals surface area contributed by atoms with Crippen molar-refractivity contribution in [3.05, 3.63) is 35.4 Å². The molecule has 1 rings (SSSR count). The topological polar surface area (TPSA) is 66.8 Å². The number of aliphatic carboxylic acids is 1. The second-order valence-corrected chi connectivity index (χ2v) is 3.22. The Morgan fingerprint density at radius 3 is 2.47 bits per heavy atom. The average molecular weight is 210 g/mol. The largest absolute Gasteiger partial charge is 0.479 e. The highest BCUT2D eigenvalue weighted by Gasteiger charge is 2.19. The summed E-state index contributed by atoms with van der Waals surface area (Å²) in [7, 11) is 0. The van der Waals surface area contributed by atoms with Crippen LogP contribution in [-0.2, 0) is 9.53 Å². The van der Waals surface area contributed by atoms with Gasteiger partial charge in [0.1, 0.15) is 0 Å². The van der Waals surface area contributed by atoms with Crippen LogP contribution in [0.5, 0.6) is 0 Å². The lowest BCUT2D eigenvalue weighted by atomic mass is 10.1. The maximum atomic E-state index is 10.9. The fourth-order valence-corrected chi connectivity index (χ4v) is 1.22. The van der Waals surface area contributed by atoms with Gasteiger partial charge in [0.25, 0.3) is 0 Å². The van der Waals surface area contributed by atoms with Crippen LogP contribution in [0.3, 0.4) is 0 Å². The van der Waals surface area contributed by atoms with E-state index in [1.807, 2.05) is 19.1 Å². The van der Waals surface area contributed by atoms with Crippen molar-refractivity contribution in [3.63, 3.8) is 0 Å². The van der Waals surface area contributed by atoms with Crippen molar-refractivity contribution in [1.29, 1.82) is 0 Å². The Bertz CT molecular complexity index is 318. The van der Waals surface area contributed by atoms with E-state index in [4.69, 9.17) is 14.9 Å². The Morgan fingerprint density at radius 1 is 1.40 bits per heavy atom.